The van der Waals surface area contributed by atoms with Crippen LogP contribution in [0.5, 0.6) is 5.75 Å². The lowest BCUT2D eigenvalue weighted by atomic mass is 10.1. The van der Waals surface area contributed by atoms with Crippen molar-refractivity contribution in [1.29, 1.82) is 0 Å². The minimum atomic E-state index is -1.51. The molecule has 2 N–H and O–H groups in total. The van der Waals surface area contributed by atoms with Crippen LogP contribution in [0.15, 0.2) is 24.3 Å². The summed E-state index contributed by atoms with van der Waals surface area (Å²) in [6.45, 7) is 3.29. The Bertz CT molecular complexity index is 710. The van der Waals surface area contributed by atoms with Crippen LogP contribution in [-0.2, 0) is 19.1 Å². The van der Waals surface area contributed by atoms with Gasteiger partial charge in [0, 0.05) is 6.42 Å². The molecule has 146 valence electrons. The first kappa shape index (κ1) is 22.0. The normalized spacial score (nSPS) is 12.5. The maximum absolute atomic E-state index is 12.3. The fraction of sp³-hybridized carbons (Fsp3) is 0.444. The van der Waals surface area contributed by atoms with Crippen molar-refractivity contribution >= 4 is 23.9 Å². The van der Waals surface area contributed by atoms with E-state index in [1.165, 1.54) is 19.2 Å². The number of hydrogen-bond acceptors (Lipinski definition) is 6. The fourth-order valence-electron chi connectivity index (χ4n) is 2.17. The van der Waals surface area contributed by atoms with E-state index in [0.717, 1.165) is 0 Å². The van der Waals surface area contributed by atoms with Crippen LogP contribution in [0.2, 0.25) is 0 Å². The highest BCUT2D eigenvalue weighted by Crippen LogP contribution is 2.18. The zero-order valence-corrected chi connectivity index (χ0v) is 15.4. The molecule has 0 radical (unpaired) electrons. The molecule has 0 unspecified atom stereocenters. The van der Waals surface area contributed by atoms with E-state index < -0.39 is 35.9 Å². The van der Waals surface area contributed by atoms with Gasteiger partial charge in [-0.1, -0.05) is 12.1 Å². The number of nitrogens with zero attached hydrogens (tertiary/aromatic N) is 2. The average molecular weight is 377 g/mol. The number of carbonyl (C=O) groups excluding carboxylic acids is 3. The number of methoxy groups -OCH3 is 1. The van der Waals surface area contributed by atoms with Crippen LogP contribution < -0.4 is 10.1 Å². The van der Waals surface area contributed by atoms with Crippen molar-refractivity contribution in [2.24, 2.45) is 0 Å². The molecule has 9 heteroatoms. The second-order valence-corrected chi connectivity index (χ2v) is 5.97. The summed E-state index contributed by atoms with van der Waals surface area (Å²) in [5.41, 5.74) is 8.67. The maximum atomic E-state index is 12.3. The Labute approximate surface area is 156 Å². The summed E-state index contributed by atoms with van der Waals surface area (Å²) in [6, 6.07) is 5.08. The van der Waals surface area contributed by atoms with Gasteiger partial charge in [-0.2, -0.15) is 4.79 Å². The zero-order valence-electron chi connectivity index (χ0n) is 15.4. The second-order valence-electron chi connectivity index (χ2n) is 5.97. The number of hydrogen-bond donors (Lipinski definition) is 2. The van der Waals surface area contributed by atoms with Gasteiger partial charge in [-0.25, -0.2) is 4.79 Å². The number of esters is 1. The number of ketones is 1. The van der Waals surface area contributed by atoms with Gasteiger partial charge in [0.15, 0.2) is 6.10 Å². The van der Waals surface area contributed by atoms with Crippen molar-refractivity contribution in [3.63, 3.8) is 0 Å². The van der Waals surface area contributed by atoms with Crippen molar-refractivity contribution in [3.05, 3.63) is 35.4 Å². The minimum Gasteiger partial charge on any atom is -0.497 e. The van der Waals surface area contributed by atoms with Gasteiger partial charge in [-0.15, -0.1) is 0 Å². The summed E-state index contributed by atoms with van der Waals surface area (Å²) in [6.07, 6.45) is -1.45. The van der Waals surface area contributed by atoms with Gasteiger partial charge in [0.05, 0.1) is 13.2 Å². The lowest BCUT2D eigenvalue weighted by Gasteiger charge is -2.20. The number of rotatable bonds is 10. The van der Waals surface area contributed by atoms with Gasteiger partial charge in [-0.05, 0) is 38.0 Å². The molecule has 1 amide bonds. The van der Waals surface area contributed by atoms with Crippen LogP contribution in [0.3, 0.4) is 0 Å². The van der Waals surface area contributed by atoms with E-state index in [-0.39, 0.29) is 12.8 Å². The molecule has 0 heterocycles. The number of carbonyl (C=O) groups is 3. The van der Waals surface area contributed by atoms with E-state index in [0.29, 0.717) is 17.5 Å². The monoisotopic (exact) mass is 377 g/mol. The Kier molecular flexibility index (Phi) is 8.84. The van der Waals surface area contributed by atoms with E-state index in [1.807, 2.05) is 0 Å². The van der Waals surface area contributed by atoms with Crippen LogP contribution in [0, 0.1) is 0 Å². The Morgan fingerprint density at radius 3 is 2.41 bits per heavy atom. The number of aliphatic hydroxyl groups is 1. The van der Waals surface area contributed by atoms with Crippen molar-refractivity contribution in [3.8, 4) is 5.75 Å². The van der Waals surface area contributed by atoms with E-state index in [1.54, 1.807) is 26.0 Å². The fourth-order valence-corrected chi connectivity index (χ4v) is 2.17. The SMILES string of the molecule is COc1ccc([C@H](O)C(=O)N[C@@H](CCC(=O)C=[N+]=[N-])C(=O)OC(C)C)cc1. The van der Waals surface area contributed by atoms with Crippen LogP contribution >= 0.6 is 0 Å². The van der Waals surface area contributed by atoms with Crippen LogP contribution in [0.25, 0.3) is 5.53 Å². The summed E-state index contributed by atoms with van der Waals surface area (Å²) < 4.78 is 10.1. The Morgan fingerprint density at radius 2 is 1.89 bits per heavy atom. The maximum Gasteiger partial charge on any atom is 0.328 e. The number of ether oxygens (including phenoxy) is 2. The number of Topliss-reactive ketones (excluding diaryl/α,β-unsaturated/α-hetero) is 1. The van der Waals surface area contributed by atoms with Crippen molar-refractivity contribution < 1.29 is 33.8 Å². The summed E-state index contributed by atoms with van der Waals surface area (Å²) in [5, 5.41) is 12.6. The molecular weight excluding hydrogens is 354 g/mol. The molecule has 1 aromatic carbocycles. The van der Waals surface area contributed by atoms with E-state index in [9.17, 15) is 19.5 Å². The van der Waals surface area contributed by atoms with Crippen LogP contribution in [-0.4, -0.2) is 53.0 Å². The van der Waals surface area contributed by atoms with Gasteiger partial charge in [0.1, 0.15) is 11.8 Å². The van der Waals surface area contributed by atoms with E-state index in [2.05, 4.69) is 10.1 Å². The molecule has 1 rings (SSSR count). The summed E-state index contributed by atoms with van der Waals surface area (Å²) >= 11 is 0. The molecule has 1 aromatic rings. The first-order valence-corrected chi connectivity index (χ1v) is 8.31. The largest absolute Gasteiger partial charge is 0.497 e. The highest BCUT2D eigenvalue weighted by molar-refractivity contribution is 6.25. The third kappa shape index (κ3) is 7.39. The highest BCUT2D eigenvalue weighted by atomic mass is 16.5. The molecule has 0 saturated heterocycles. The van der Waals surface area contributed by atoms with Crippen molar-refractivity contribution in [2.75, 3.05) is 7.11 Å². The lowest BCUT2D eigenvalue weighted by Crippen LogP contribution is -2.44. The predicted molar refractivity (Wildman–Crippen MR) is 95.0 cm³/mol. The number of aliphatic hydroxyl groups excluding tert-OH is 1. The topological polar surface area (TPSA) is 138 Å². The van der Waals surface area contributed by atoms with Gasteiger partial charge in [0.2, 0.25) is 5.78 Å². The lowest BCUT2D eigenvalue weighted by molar-refractivity contribution is -0.152. The summed E-state index contributed by atoms with van der Waals surface area (Å²) in [4.78, 5) is 38.6. The highest BCUT2D eigenvalue weighted by Gasteiger charge is 2.27. The van der Waals surface area contributed by atoms with Gasteiger partial charge >= 0.3 is 12.2 Å². The Morgan fingerprint density at radius 1 is 1.26 bits per heavy atom. The standard InChI is InChI=1S/C18H23N3O6/c1-11(2)27-18(25)15(9-6-13(22)10-20-19)21-17(24)16(23)12-4-7-14(26-3)8-5-12/h4-5,7-8,10-11,15-16,23H,6,9H2,1-3H3,(H,21,24)/t15-,16-/m0/s1. The number of benzene rings is 1. The van der Waals surface area contributed by atoms with Crippen LogP contribution in [0.1, 0.15) is 38.4 Å². The van der Waals surface area contributed by atoms with Gasteiger partial charge in [-0.3, -0.25) is 9.59 Å². The second kappa shape index (κ2) is 10.8. The summed E-state index contributed by atoms with van der Waals surface area (Å²) in [7, 11) is 1.49. The molecule has 0 aliphatic carbocycles. The first-order valence-electron chi connectivity index (χ1n) is 8.31. The molecule has 0 spiro atoms. The van der Waals surface area contributed by atoms with Crippen LogP contribution in [0.4, 0.5) is 0 Å². The predicted octanol–water partition coefficient (Wildman–Crippen LogP) is 0.815. The molecule has 0 aliphatic heterocycles. The molecule has 2 atom stereocenters. The average Bonchev–Trinajstić information content (AvgIpc) is 2.63. The van der Waals surface area contributed by atoms with Gasteiger partial charge < -0.3 is 25.4 Å². The van der Waals surface area contributed by atoms with Gasteiger partial charge in [0.25, 0.3) is 5.91 Å². The zero-order chi connectivity index (χ0) is 20.4. The van der Waals surface area contributed by atoms with E-state index >= 15 is 0 Å². The van der Waals surface area contributed by atoms with Crippen molar-refractivity contribution in [2.45, 2.75) is 44.9 Å². The molecule has 0 bridgehead atoms. The molecule has 27 heavy (non-hydrogen) atoms. The third-order valence-corrected chi connectivity index (χ3v) is 3.51. The Balaban J connectivity index is 2.83. The van der Waals surface area contributed by atoms with Crippen molar-refractivity contribution in [1.82, 2.24) is 5.32 Å². The molecular formula is C18H23N3O6. The van der Waals surface area contributed by atoms with E-state index in [4.69, 9.17) is 15.0 Å². The summed E-state index contributed by atoms with van der Waals surface area (Å²) in [5.74, 6) is -1.50. The quantitative estimate of drug-likeness (QED) is 0.268. The molecule has 0 aromatic heterocycles. The number of nitrogens with one attached hydrogen (secondary N) is 1. The Hall–Kier alpha value is -3.03. The smallest absolute Gasteiger partial charge is 0.328 e. The molecule has 9 nitrogen and oxygen atoms in total. The molecule has 0 fully saturated rings. The number of amides is 1. The first-order chi connectivity index (χ1) is 12.8. The molecule has 0 aliphatic rings. The molecule has 0 saturated carbocycles. The third-order valence-electron chi connectivity index (χ3n) is 3.51. The minimum absolute atomic E-state index is 0.0719.